The lowest BCUT2D eigenvalue weighted by atomic mass is 10.3. The standard InChI is InChI=1S/C14H14O5.C4H10/c1-15-11-3-7-13(8-4-11)17-19-18-14-9-5-12(16-2)6-10-14;1-3-4-2/h3-10H,1-2H3;3-4H2,1-2H3. The molecule has 0 radical (unpaired) electrons. The van der Waals surface area contributed by atoms with Gasteiger partial charge in [-0.2, -0.15) is 0 Å². The van der Waals surface area contributed by atoms with E-state index >= 15 is 0 Å². The molecule has 0 bridgehead atoms. The molecular formula is C18H24O5. The first-order valence-corrected chi connectivity index (χ1v) is 7.52. The molecule has 2 aromatic carbocycles. The second-order valence-corrected chi connectivity index (χ2v) is 4.59. The zero-order valence-electron chi connectivity index (χ0n) is 14.1. The van der Waals surface area contributed by atoms with Crippen LogP contribution in [0.15, 0.2) is 48.5 Å². The molecule has 0 heterocycles. The van der Waals surface area contributed by atoms with Gasteiger partial charge in [0.15, 0.2) is 11.5 Å². The number of methoxy groups -OCH3 is 2. The summed E-state index contributed by atoms with van der Waals surface area (Å²) >= 11 is 0. The fourth-order valence-electron chi connectivity index (χ4n) is 1.36. The topological polar surface area (TPSA) is 46.2 Å². The van der Waals surface area contributed by atoms with Crippen molar-refractivity contribution < 1.29 is 24.3 Å². The Bertz CT molecular complexity index is 473. The summed E-state index contributed by atoms with van der Waals surface area (Å²) in [5.41, 5.74) is 0. The number of ether oxygens (including phenoxy) is 2. The minimum atomic E-state index is 0.509. The van der Waals surface area contributed by atoms with E-state index in [4.69, 9.17) is 19.2 Å². The summed E-state index contributed by atoms with van der Waals surface area (Å²) in [5.74, 6) is 2.50. The molecule has 0 fully saturated rings. The van der Waals surface area contributed by atoms with Gasteiger partial charge in [-0.15, -0.1) is 0 Å². The number of benzene rings is 2. The SMILES string of the molecule is CCCC.COc1ccc(OOOc2ccc(OC)cc2)cc1. The van der Waals surface area contributed by atoms with E-state index in [1.165, 1.54) is 12.8 Å². The van der Waals surface area contributed by atoms with Gasteiger partial charge in [0.25, 0.3) is 0 Å². The van der Waals surface area contributed by atoms with E-state index in [1.54, 1.807) is 62.8 Å². The molecule has 0 saturated heterocycles. The molecule has 2 aromatic rings. The first kappa shape index (κ1) is 18.6. The zero-order chi connectivity index (χ0) is 16.9. The Balaban J connectivity index is 0.000000593. The second-order valence-electron chi connectivity index (χ2n) is 4.59. The molecule has 5 heteroatoms. The molecule has 0 unspecified atom stereocenters. The van der Waals surface area contributed by atoms with Crippen molar-refractivity contribution in [1.29, 1.82) is 0 Å². The molecule has 5 nitrogen and oxygen atoms in total. The van der Waals surface area contributed by atoms with E-state index in [2.05, 4.69) is 18.9 Å². The van der Waals surface area contributed by atoms with E-state index in [0.29, 0.717) is 11.5 Å². The molecule has 126 valence electrons. The van der Waals surface area contributed by atoms with Gasteiger partial charge in [0, 0.05) is 5.04 Å². The van der Waals surface area contributed by atoms with Gasteiger partial charge in [0.1, 0.15) is 11.5 Å². The molecule has 0 aromatic heterocycles. The van der Waals surface area contributed by atoms with Crippen LogP contribution in [-0.4, -0.2) is 14.2 Å². The van der Waals surface area contributed by atoms with Crippen molar-refractivity contribution in [1.82, 2.24) is 0 Å². The van der Waals surface area contributed by atoms with Crippen LogP contribution >= 0.6 is 0 Å². The van der Waals surface area contributed by atoms with E-state index in [9.17, 15) is 0 Å². The average Bonchev–Trinajstić information content (AvgIpc) is 2.63. The van der Waals surface area contributed by atoms with Crippen molar-refractivity contribution in [3.63, 3.8) is 0 Å². The van der Waals surface area contributed by atoms with Crippen LogP contribution in [0, 0.1) is 0 Å². The summed E-state index contributed by atoms with van der Waals surface area (Å²) in [6.45, 7) is 4.36. The summed E-state index contributed by atoms with van der Waals surface area (Å²) in [6, 6.07) is 13.8. The first-order chi connectivity index (χ1) is 11.2. The van der Waals surface area contributed by atoms with Crippen molar-refractivity contribution in [2.75, 3.05) is 14.2 Å². The third-order valence-corrected chi connectivity index (χ3v) is 2.88. The summed E-state index contributed by atoms with van der Waals surface area (Å²) in [5, 5.41) is 4.67. The maximum atomic E-state index is 5.03. The van der Waals surface area contributed by atoms with Gasteiger partial charge < -0.3 is 9.47 Å². The third kappa shape index (κ3) is 7.42. The normalized spacial score (nSPS) is 9.39. The summed E-state index contributed by atoms with van der Waals surface area (Å²) in [4.78, 5) is 9.91. The Kier molecular flexibility index (Phi) is 9.09. The van der Waals surface area contributed by atoms with Crippen LogP contribution in [0.3, 0.4) is 0 Å². The molecular weight excluding hydrogens is 296 g/mol. The first-order valence-electron chi connectivity index (χ1n) is 7.52. The monoisotopic (exact) mass is 320 g/mol. The van der Waals surface area contributed by atoms with Gasteiger partial charge >= 0.3 is 0 Å². The fourth-order valence-corrected chi connectivity index (χ4v) is 1.36. The summed E-state index contributed by atoms with van der Waals surface area (Å²) in [7, 11) is 3.19. The largest absolute Gasteiger partial charge is 0.497 e. The van der Waals surface area contributed by atoms with Crippen molar-refractivity contribution in [3.8, 4) is 23.0 Å². The van der Waals surface area contributed by atoms with E-state index < -0.39 is 0 Å². The number of rotatable bonds is 7. The maximum absolute atomic E-state index is 5.03. The molecule has 0 saturated carbocycles. The van der Waals surface area contributed by atoms with Gasteiger partial charge in [0.05, 0.1) is 14.2 Å². The van der Waals surface area contributed by atoms with E-state index in [-0.39, 0.29) is 0 Å². The zero-order valence-corrected chi connectivity index (χ0v) is 14.1. The lowest BCUT2D eigenvalue weighted by Crippen LogP contribution is -2.01. The Morgan fingerprint density at radius 2 is 0.870 bits per heavy atom. The number of hydrogen-bond donors (Lipinski definition) is 0. The predicted molar refractivity (Wildman–Crippen MR) is 88.9 cm³/mol. The van der Waals surface area contributed by atoms with Gasteiger partial charge in [-0.3, -0.25) is 9.78 Å². The minimum absolute atomic E-state index is 0.509. The quantitative estimate of drug-likeness (QED) is 0.541. The Hall–Kier alpha value is -2.40. The Morgan fingerprint density at radius 3 is 1.13 bits per heavy atom. The van der Waals surface area contributed by atoms with E-state index in [1.807, 2.05) is 0 Å². The van der Waals surface area contributed by atoms with Crippen LogP contribution in [0.5, 0.6) is 23.0 Å². The lowest BCUT2D eigenvalue weighted by Gasteiger charge is -2.05. The fraction of sp³-hybridized carbons (Fsp3) is 0.333. The molecule has 23 heavy (non-hydrogen) atoms. The highest BCUT2D eigenvalue weighted by atomic mass is 17.5. The van der Waals surface area contributed by atoms with Crippen LogP contribution in [0.25, 0.3) is 0 Å². The van der Waals surface area contributed by atoms with Gasteiger partial charge in [-0.25, -0.2) is 0 Å². The van der Waals surface area contributed by atoms with Crippen molar-refractivity contribution >= 4 is 0 Å². The molecule has 0 atom stereocenters. The summed E-state index contributed by atoms with van der Waals surface area (Å²) < 4.78 is 10.1. The Morgan fingerprint density at radius 1 is 0.565 bits per heavy atom. The average molecular weight is 320 g/mol. The van der Waals surface area contributed by atoms with Gasteiger partial charge in [0.2, 0.25) is 0 Å². The van der Waals surface area contributed by atoms with Crippen molar-refractivity contribution in [2.45, 2.75) is 26.7 Å². The minimum Gasteiger partial charge on any atom is -0.497 e. The number of hydrogen-bond acceptors (Lipinski definition) is 5. The molecule has 0 amide bonds. The van der Waals surface area contributed by atoms with Crippen LogP contribution in [0.2, 0.25) is 0 Å². The van der Waals surface area contributed by atoms with Crippen LogP contribution in [0.4, 0.5) is 0 Å². The molecule has 0 spiro atoms. The highest BCUT2D eigenvalue weighted by Gasteiger charge is 1.99. The van der Waals surface area contributed by atoms with Gasteiger partial charge in [-0.1, -0.05) is 26.7 Å². The second kappa shape index (κ2) is 11.2. The van der Waals surface area contributed by atoms with Crippen LogP contribution in [-0.2, 0) is 5.04 Å². The van der Waals surface area contributed by atoms with E-state index in [0.717, 1.165) is 11.5 Å². The maximum Gasteiger partial charge on any atom is 0.169 e. The predicted octanol–water partition coefficient (Wildman–Crippen LogP) is 4.81. The summed E-state index contributed by atoms with van der Waals surface area (Å²) in [6.07, 6.45) is 2.64. The van der Waals surface area contributed by atoms with Crippen LogP contribution < -0.4 is 19.2 Å². The van der Waals surface area contributed by atoms with Crippen molar-refractivity contribution in [3.05, 3.63) is 48.5 Å². The molecule has 0 aliphatic heterocycles. The smallest absolute Gasteiger partial charge is 0.169 e. The highest BCUT2D eigenvalue weighted by Crippen LogP contribution is 2.19. The molecule has 2 rings (SSSR count). The molecule has 0 N–H and O–H groups in total. The molecule has 0 aliphatic rings. The third-order valence-electron chi connectivity index (χ3n) is 2.88. The number of unbranched alkanes of at least 4 members (excludes halogenated alkanes) is 1. The van der Waals surface area contributed by atoms with Crippen molar-refractivity contribution in [2.24, 2.45) is 0 Å². The lowest BCUT2D eigenvalue weighted by molar-refractivity contribution is -0.411. The van der Waals surface area contributed by atoms with Crippen LogP contribution in [0.1, 0.15) is 26.7 Å². The van der Waals surface area contributed by atoms with Gasteiger partial charge in [-0.05, 0) is 48.5 Å². The Labute approximate surface area is 137 Å². The highest BCUT2D eigenvalue weighted by molar-refractivity contribution is 5.31. The molecule has 0 aliphatic carbocycles.